The van der Waals surface area contributed by atoms with E-state index in [1.807, 2.05) is 7.05 Å². The van der Waals surface area contributed by atoms with Crippen LogP contribution >= 0.6 is 11.6 Å². The lowest BCUT2D eigenvalue weighted by Gasteiger charge is -2.14. The van der Waals surface area contributed by atoms with Crippen molar-refractivity contribution in [3.63, 3.8) is 0 Å². The van der Waals surface area contributed by atoms with E-state index < -0.39 is 0 Å². The Kier molecular flexibility index (Phi) is 3.82. The summed E-state index contributed by atoms with van der Waals surface area (Å²) in [5.74, 6) is 0. The number of benzene rings is 2. The number of hydrogen-bond donors (Lipinski definition) is 1. The van der Waals surface area contributed by atoms with Crippen LogP contribution < -0.4 is 5.32 Å². The standard InChI is InChI=1S/C18H20ClN/c1-12(20-2)17-9-8-16(11-18(17)19)15-7-6-13-4-3-5-14(13)10-15/h6-12,20H,3-5H2,1-2H3. The first-order chi connectivity index (χ1) is 9.69. The van der Waals surface area contributed by atoms with E-state index in [0.29, 0.717) is 0 Å². The van der Waals surface area contributed by atoms with E-state index in [1.165, 1.54) is 41.5 Å². The molecule has 0 heterocycles. The van der Waals surface area contributed by atoms with Gasteiger partial charge in [-0.15, -0.1) is 0 Å². The molecule has 0 aromatic heterocycles. The van der Waals surface area contributed by atoms with Crippen molar-refractivity contribution in [1.82, 2.24) is 5.32 Å². The number of halogens is 1. The van der Waals surface area contributed by atoms with Gasteiger partial charge in [0.2, 0.25) is 0 Å². The van der Waals surface area contributed by atoms with E-state index in [0.717, 1.165) is 10.6 Å². The minimum absolute atomic E-state index is 0.275. The van der Waals surface area contributed by atoms with Gasteiger partial charge in [-0.1, -0.05) is 41.9 Å². The molecule has 0 saturated carbocycles. The highest BCUT2D eigenvalue weighted by molar-refractivity contribution is 6.31. The van der Waals surface area contributed by atoms with E-state index in [4.69, 9.17) is 11.6 Å². The smallest absolute Gasteiger partial charge is 0.0459 e. The Morgan fingerprint density at radius 3 is 2.45 bits per heavy atom. The van der Waals surface area contributed by atoms with Crippen LogP contribution in [0.3, 0.4) is 0 Å². The van der Waals surface area contributed by atoms with Crippen LogP contribution in [-0.2, 0) is 12.8 Å². The summed E-state index contributed by atoms with van der Waals surface area (Å²) in [5.41, 5.74) is 6.65. The quantitative estimate of drug-likeness (QED) is 0.856. The molecule has 20 heavy (non-hydrogen) atoms. The number of rotatable bonds is 3. The van der Waals surface area contributed by atoms with Crippen molar-refractivity contribution < 1.29 is 0 Å². The molecule has 1 aliphatic carbocycles. The molecule has 0 spiro atoms. The van der Waals surface area contributed by atoms with Crippen LogP contribution in [0.15, 0.2) is 36.4 Å². The Morgan fingerprint density at radius 2 is 1.70 bits per heavy atom. The van der Waals surface area contributed by atoms with Gasteiger partial charge in [0, 0.05) is 11.1 Å². The van der Waals surface area contributed by atoms with Crippen LogP contribution in [0.5, 0.6) is 0 Å². The molecule has 0 radical (unpaired) electrons. The van der Waals surface area contributed by atoms with Crippen molar-refractivity contribution in [1.29, 1.82) is 0 Å². The zero-order valence-corrected chi connectivity index (χ0v) is 12.8. The minimum atomic E-state index is 0.275. The van der Waals surface area contributed by atoms with Crippen molar-refractivity contribution in [2.75, 3.05) is 7.05 Å². The topological polar surface area (TPSA) is 12.0 Å². The van der Waals surface area contributed by atoms with Crippen molar-refractivity contribution >= 4 is 11.6 Å². The van der Waals surface area contributed by atoms with Crippen molar-refractivity contribution in [3.05, 3.63) is 58.1 Å². The largest absolute Gasteiger partial charge is 0.313 e. The molecule has 1 atom stereocenters. The van der Waals surface area contributed by atoms with Gasteiger partial charge in [0.25, 0.3) is 0 Å². The summed E-state index contributed by atoms with van der Waals surface area (Å²) in [6.45, 7) is 2.12. The summed E-state index contributed by atoms with van der Waals surface area (Å²) in [6.07, 6.45) is 3.74. The fourth-order valence-electron chi connectivity index (χ4n) is 2.96. The van der Waals surface area contributed by atoms with Gasteiger partial charge in [0.1, 0.15) is 0 Å². The molecule has 104 valence electrons. The van der Waals surface area contributed by atoms with Gasteiger partial charge in [-0.25, -0.2) is 0 Å². The molecule has 0 fully saturated rings. The second-order valence-electron chi connectivity index (χ2n) is 5.58. The molecule has 2 aromatic rings. The van der Waals surface area contributed by atoms with Gasteiger partial charge in [0.15, 0.2) is 0 Å². The number of nitrogens with one attached hydrogen (secondary N) is 1. The maximum Gasteiger partial charge on any atom is 0.0459 e. The highest BCUT2D eigenvalue weighted by Crippen LogP contribution is 2.31. The second-order valence-corrected chi connectivity index (χ2v) is 5.99. The van der Waals surface area contributed by atoms with E-state index in [1.54, 1.807) is 0 Å². The highest BCUT2D eigenvalue weighted by Gasteiger charge is 2.13. The fourth-order valence-corrected chi connectivity index (χ4v) is 3.31. The summed E-state index contributed by atoms with van der Waals surface area (Å²) < 4.78 is 0. The lowest BCUT2D eigenvalue weighted by molar-refractivity contribution is 0.652. The van der Waals surface area contributed by atoms with E-state index in [2.05, 4.69) is 48.6 Å². The first kappa shape index (κ1) is 13.7. The summed E-state index contributed by atoms with van der Waals surface area (Å²) in [4.78, 5) is 0. The average Bonchev–Trinajstić information content (AvgIpc) is 2.93. The summed E-state index contributed by atoms with van der Waals surface area (Å²) in [7, 11) is 1.95. The van der Waals surface area contributed by atoms with Crippen LogP contribution in [0, 0.1) is 0 Å². The van der Waals surface area contributed by atoms with E-state index in [9.17, 15) is 0 Å². The Morgan fingerprint density at radius 1 is 1.00 bits per heavy atom. The number of aryl methyl sites for hydroxylation is 2. The Labute approximate surface area is 126 Å². The molecule has 1 N–H and O–H groups in total. The third kappa shape index (κ3) is 2.48. The normalized spacial score (nSPS) is 15.2. The molecule has 0 bridgehead atoms. The van der Waals surface area contributed by atoms with Gasteiger partial charge in [-0.2, -0.15) is 0 Å². The minimum Gasteiger partial charge on any atom is -0.313 e. The lowest BCUT2D eigenvalue weighted by atomic mass is 9.98. The van der Waals surface area contributed by atoms with Gasteiger partial charge in [0.05, 0.1) is 0 Å². The molecule has 1 aliphatic rings. The van der Waals surface area contributed by atoms with Gasteiger partial charge in [-0.3, -0.25) is 0 Å². The molecular weight excluding hydrogens is 266 g/mol. The predicted octanol–water partition coefficient (Wildman–Crippen LogP) is 4.78. The molecule has 1 unspecified atom stereocenters. The predicted molar refractivity (Wildman–Crippen MR) is 86.4 cm³/mol. The first-order valence-electron chi connectivity index (χ1n) is 7.28. The highest BCUT2D eigenvalue weighted by atomic mass is 35.5. The molecule has 0 saturated heterocycles. The molecule has 0 amide bonds. The molecule has 3 rings (SSSR count). The maximum atomic E-state index is 6.43. The lowest BCUT2D eigenvalue weighted by Crippen LogP contribution is -2.12. The third-order valence-corrected chi connectivity index (χ3v) is 4.66. The number of hydrogen-bond acceptors (Lipinski definition) is 1. The first-order valence-corrected chi connectivity index (χ1v) is 7.65. The molecule has 2 heteroatoms. The summed E-state index contributed by atoms with van der Waals surface area (Å²) in [5, 5.41) is 4.07. The SMILES string of the molecule is CNC(C)c1ccc(-c2ccc3c(c2)CCC3)cc1Cl. The Balaban J connectivity index is 1.97. The van der Waals surface area contributed by atoms with Gasteiger partial charge in [-0.05, 0) is 67.1 Å². The number of fused-ring (bicyclic) bond motifs is 1. The van der Waals surface area contributed by atoms with E-state index in [-0.39, 0.29) is 6.04 Å². The van der Waals surface area contributed by atoms with Crippen LogP contribution in [0.1, 0.15) is 36.1 Å². The summed E-state index contributed by atoms with van der Waals surface area (Å²) >= 11 is 6.43. The van der Waals surface area contributed by atoms with Crippen molar-refractivity contribution in [3.8, 4) is 11.1 Å². The zero-order valence-electron chi connectivity index (χ0n) is 12.0. The van der Waals surface area contributed by atoms with E-state index >= 15 is 0 Å². The second kappa shape index (κ2) is 5.59. The monoisotopic (exact) mass is 285 g/mol. The maximum absolute atomic E-state index is 6.43. The average molecular weight is 286 g/mol. The fraction of sp³-hybridized carbons (Fsp3) is 0.333. The Bertz CT molecular complexity index is 633. The zero-order chi connectivity index (χ0) is 14.1. The van der Waals surface area contributed by atoms with Gasteiger partial charge < -0.3 is 5.32 Å². The molecule has 2 aromatic carbocycles. The van der Waals surface area contributed by atoms with Crippen molar-refractivity contribution in [2.24, 2.45) is 0 Å². The molecule has 1 nitrogen and oxygen atoms in total. The molecule has 0 aliphatic heterocycles. The van der Waals surface area contributed by atoms with Crippen LogP contribution in [0.2, 0.25) is 5.02 Å². The third-order valence-electron chi connectivity index (χ3n) is 4.33. The molecular formula is C18H20ClN. The van der Waals surface area contributed by atoms with Crippen LogP contribution in [-0.4, -0.2) is 7.05 Å². The van der Waals surface area contributed by atoms with Crippen LogP contribution in [0.25, 0.3) is 11.1 Å². The van der Waals surface area contributed by atoms with Crippen LogP contribution in [0.4, 0.5) is 0 Å². The van der Waals surface area contributed by atoms with Crippen molar-refractivity contribution in [2.45, 2.75) is 32.2 Å². The summed E-state index contributed by atoms with van der Waals surface area (Å²) in [6, 6.07) is 13.5. The Hall–Kier alpha value is -1.31. The van der Waals surface area contributed by atoms with Gasteiger partial charge >= 0.3 is 0 Å².